The van der Waals surface area contributed by atoms with Crippen molar-refractivity contribution in [2.75, 3.05) is 13.2 Å². The fourth-order valence-corrected chi connectivity index (χ4v) is 2.01. The lowest BCUT2D eigenvalue weighted by Gasteiger charge is -2.14. The normalized spacial score (nSPS) is 12.0. The van der Waals surface area contributed by atoms with E-state index < -0.39 is 0 Å². The molecule has 7 heteroatoms. The standard InChI is InChI=1S/C18H20FN3O2.ClH/c1-13(15-5-3-2-4-6-15)22-18(23)16-7-8-17(21-11-16)24-12-14(9-19)10-20;/h2-9,11,13H,10,12,20H2,1H3,(H,22,23);1H/b14-9+;/t13-;/m0./s1. The van der Waals surface area contributed by atoms with Gasteiger partial charge in [0.2, 0.25) is 5.88 Å². The van der Waals surface area contributed by atoms with Crippen LogP contribution < -0.4 is 15.8 Å². The summed E-state index contributed by atoms with van der Waals surface area (Å²) in [6.45, 7) is 2.01. The molecule has 1 aromatic heterocycles. The first-order chi connectivity index (χ1) is 11.6. The minimum Gasteiger partial charge on any atom is -0.473 e. The topological polar surface area (TPSA) is 77.2 Å². The number of pyridine rings is 1. The lowest BCUT2D eigenvalue weighted by Crippen LogP contribution is -2.26. The zero-order chi connectivity index (χ0) is 17.4. The van der Waals surface area contributed by atoms with Gasteiger partial charge in [0.25, 0.3) is 5.91 Å². The molecule has 0 fully saturated rings. The van der Waals surface area contributed by atoms with E-state index in [1.54, 1.807) is 12.1 Å². The summed E-state index contributed by atoms with van der Waals surface area (Å²) in [5, 5.41) is 2.91. The van der Waals surface area contributed by atoms with E-state index in [0.717, 1.165) is 5.56 Å². The molecule has 1 amide bonds. The highest BCUT2D eigenvalue weighted by atomic mass is 35.5. The molecule has 2 rings (SSSR count). The van der Waals surface area contributed by atoms with E-state index in [4.69, 9.17) is 10.5 Å². The second-order valence-corrected chi connectivity index (χ2v) is 5.25. The molecule has 0 bridgehead atoms. The largest absolute Gasteiger partial charge is 0.473 e. The first-order valence-corrected chi connectivity index (χ1v) is 7.57. The van der Waals surface area contributed by atoms with Gasteiger partial charge in [-0.3, -0.25) is 4.79 Å². The van der Waals surface area contributed by atoms with Crippen LogP contribution in [0.1, 0.15) is 28.9 Å². The summed E-state index contributed by atoms with van der Waals surface area (Å²) < 4.78 is 17.7. The molecule has 2 aromatic rings. The van der Waals surface area contributed by atoms with Crippen molar-refractivity contribution < 1.29 is 13.9 Å². The molecule has 0 saturated heterocycles. The lowest BCUT2D eigenvalue weighted by molar-refractivity contribution is 0.0939. The van der Waals surface area contributed by atoms with Gasteiger partial charge in [-0.2, -0.15) is 0 Å². The van der Waals surface area contributed by atoms with Crippen LogP contribution in [0, 0.1) is 0 Å². The highest BCUT2D eigenvalue weighted by Gasteiger charge is 2.11. The summed E-state index contributed by atoms with van der Waals surface area (Å²) in [6.07, 6.45) is 1.84. The van der Waals surface area contributed by atoms with Crippen LogP contribution in [-0.4, -0.2) is 24.0 Å². The Morgan fingerprint density at radius 2 is 2.04 bits per heavy atom. The molecule has 25 heavy (non-hydrogen) atoms. The Kier molecular flexibility index (Phi) is 8.60. The van der Waals surface area contributed by atoms with Gasteiger partial charge in [0, 0.05) is 24.4 Å². The average molecular weight is 366 g/mol. The van der Waals surface area contributed by atoms with Gasteiger partial charge in [0.05, 0.1) is 17.9 Å². The Hall–Kier alpha value is -2.44. The molecule has 3 N–H and O–H groups in total. The van der Waals surface area contributed by atoms with Crippen molar-refractivity contribution in [3.05, 3.63) is 71.7 Å². The third-order valence-electron chi connectivity index (χ3n) is 3.47. The van der Waals surface area contributed by atoms with E-state index in [-0.39, 0.29) is 37.5 Å². The van der Waals surface area contributed by atoms with Crippen molar-refractivity contribution in [2.24, 2.45) is 5.73 Å². The number of halogens is 2. The van der Waals surface area contributed by atoms with E-state index in [1.807, 2.05) is 37.3 Å². The van der Waals surface area contributed by atoms with Crippen LogP contribution in [0.3, 0.4) is 0 Å². The predicted molar refractivity (Wildman–Crippen MR) is 97.5 cm³/mol. The van der Waals surface area contributed by atoms with Crippen molar-refractivity contribution in [3.8, 4) is 5.88 Å². The molecule has 0 aliphatic carbocycles. The first kappa shape index (κ1) is 20.6. The van der Waals surface area contributed by atoms with Gasteiger partial charge in [0.1, 0.15) is 6.61 Å². The fraction of sp³-hybridized carbons (Fsp3) is 0.222. The van der Waals surface area contributed by atoms with Gasteiger partial charge in [-0.25, -0.2) is 9.37 Å². The third-order valence-corrected chi connectivity index (χ3v) is 3.47. The van der Waals surface area contributed by atoms with Gasteiger partial charge in [-0.05, 0) is 18.6 Å². The van der Waals surface area contributed by atoms with Crippen molar-refractivity contribution in [1.29, 1.82) is 0 Å². The molecule has 0 aliphatic heterocycles. The van der Waals surface area contributed by atoms with Gasteiger partial charge in [0.15, 0.2) is 0 Å². The summed E-state index contributed by atoms with van der Waals surface area (Å²) >= 11 is 0. The zero-order valence-electron chi connectivity index (χ0n) is 13.8. The summed E-state index contributed by atoms with van der Waals surface area (Å²) in [4.78, 5) is 16.3. The number of carbonyl (C=O) groups is 1. The van der Waals surface area contributed by atoms with Gasteiger partial charge in [-0.15, -0.1) is 12.4 Å². The lowest BCUT2D eigenvalue weighted by atomic mass is 10.1. The molecule has 0 saturated carbocycles. The number of hydrogen-bond acceptors (Lipinski definition) is 4. The number of nitrogens with one attached hydrogen (secondary N) is 1. The van der Waals surface area contributed by atoms with Crippen LogP contribution in [0.25, 0.3) is 0 Å². The maximum atomic E-state index is 12.4. The zero-order valence-corrected chi connectivity index (χ0v) is 14.6. The van der Waals surface area contributed by atoms with Crippen LogP contribution in [-0.2, 0) is 0 Å². The molecular weight excluding hydrogens is 345 g/mol. The summed E-state index contributed by atoms with van der Waals surface area (Å²) in [5.41, 5.74) is 7.11. The van der Waals surface area contributed by atoms with Crippen LogP contribution in [0.2, 0.25) is 0 Å². The Labute approximate surface area is 152 Å². The molecule has 0 aliphatic rings. The predicted octanol–water partition coefficient (Wildman–Crippen LogP) is 3.19. The van der Waals surface area contributed by atoms with Crippen molar-refractivity contribution >= 4 is 18.3 Å². The highest BCUT2D eigenvalue weighted by Crippen LogP contribution is 2.13. The van der Waals surface area contributed by atoms with E-state index in [9.17, 15) is 9.18 Å². The number of ether oxygens (including phenoxy) is 1. The molecule has 1 aromatic carbocycles. The van der Waals surface area contributed by atoms with Gasteiger partial charge >= 0.3 is 0 Å². The number of nitrogens with zero attached hydrogens (tertiary/aromatic N) is 1. The van der Waals surface area contributed by atoms with Crippen LogP contribution >= 0.6 is 12.4 Å². The van der Waals surface area contributed by atoms with E-state index >= 15 is 0 Å². The van der Waals surface area contributed by atoms with Crippen LogP contribution in [0.5, 0.6) is 5.88 Å². The number of benzene rings is 1. The number of nitrogens with two attached hydrogens (primary N) is 1. The Bertz CT molecular complexity index is 693. The molecular formula is C18H21ClFN3O2. The molecule has 1 atom stereocenters. The Morgan fingerprint density at radius 1 is 1.32 bits per heavy atom. The number of hydrogen-bond donors (Lipinski definition) is 2. The molecule has 5 nitrogen and oxygen atoms in total. The summed E-state index contributed by atoms with van der Waals surface area (Å²) in [7, 11) is 0. The van der Waals surface area contributed by atoms with E-state index in [2.05, 4.69) is 10.3 Å². The Morgan fingerprint density at radius 3 is 2.60 bits per heavy atom. The summed E-state index contributed by atoms with van der Waals surface area (Å²) in [6, 6.07) is 12.7. The average Bonchev–Trinajstić information content (AvgIpc) is 2.63. The minimum atomic E-state index is -0.225. The van der Waals surface area contributed by atoms with E-state index in [1.165, 1.54) is 6.20 Å². The van der Waals surface area contributed by atoms with Crippen molar-refractivity contribution in [1.82, 2.24) is 10.3 Å². The molecule has 0 spiro atoms. The quantitative estimate of drug-likeness (QED) is 0.790. The Balaban J connectivity index is 0.00000312. The van der Waals surface area contributed by atoms with Crippen LogP contribution in [0.15, 0.2) is 60.6 Å². The van der Waals surface area contributed by atoms with Gasteiger partial charge < -0.3 is 15.8 Å². The SMILES string of the molecule is C[C@H](NC(=O)c1ccc(OC/C(=C/F)CN)nc1)c1ccccc1.Cl. The first-order valence-electron chi connectivity index (χ1n) is 7.57. The van der Waals surface area contributed by atoms with Crippen molar-refractivity contribution in [3.63, 3.8) is 0 Å². The van der Waals surface area contributed by atoms with Gasteiger partial charge in [-0.1, -0.05) is 30.3 Å². The number of amides is 1. The van der Waals surface area contributed by atoms with Crippen molar-refractivity contribution in [2.45, 2.75) is 13.0 Å². The monoisotopic (exact) mass is 365 g/mol. The molecule has 1 heterocycles. The molecule has 134 valence electrons. The number of carbonyl (C=O) groups excluding carboxylic acids is 1. The van der Waals surface area contributed by atoms with E-state index in [0.29, 0.717) is 23.3 Å². The number of rotatable bonds is 7. The number of aromatic nitrogens is 1. The maximum Gasteiger partial charge on any atom is 0.253 e. The summed E-state index contributed by atoms with van der Waals surface area (Å²) in [5.74, 6) is 0.0761. The third kappa shape index (κ3) is 6.17. The second kappa shape index (κ2) is 10.4. The van der Waals surface area contributed by atoms with Crippen LogP contribution in [0.4, 0.5) is 4.39 Å². The molecule has 0 radical (unpaired) electrons. The molecule has 0 unspecified atom stereocenters. The highest BCUT2D eigenvalue weighted by molar-refractivity contribution is 5.94. The second-order valence-electron chi connectivity index (χ2n) is 5.25. The maximum absolute atomic E-state index is 12.4. The fourth-order valence-electron chi connectivity index (χ4n) is 2.01. The minimum absolute atomic E-state index is 0. The smallest absolute Gasteiger partial charge is 0.253 e.